The van der Waals surface area contributed by atoms with Crippen LogP contribution in [0, 0.1) is 5.41 Å². The molecule has 5 nitrogen and oxygen atoms in total. The summed E-state index contributed by atoms with van der Waals surface area (Å²) in [6.07, 6.45) is 2.44. The molecule has 0 aliphatic rings. The minimum absolute atomic E-state index is 0.0561. The monoisotopic (exact) mass is 257 g/mol. The van der Waals surface area contributed by atoms with Gasteiger partial charge >= 0.3 is 0 Å². The SMILES string of the molecule is CCNC(CCCCNC(=O)C(C)(C)C)C(N)=O. The first kappa shape index (κ1) is 16.9. The van der Waals surface area contributed by atoms with Crippen molar-refractivity contribution < 1.29 is 9.59 Å². The molecule has 1 unspecified atom stereocenters. The van der Waals surface area contributed by atoms with Crippen molar-refractivity contribution in [3.63, 3.8) is 0 Å². The molecule has 18 heavy (non-hydrogen) atoms. The summed E-state index contributed by atoms with van der Waals surface area (Å²) in [5.74, 6) is -0.254. The van der Waals surface area contributed by atoms with Gasteiger partial charge in [-0.1, -0.05) is 27.7 Å². The van der Waals surface area contributed by atoms with E-state index >= 15 is 0 Å². The topological polar surface area (TPSA) is 84.2 Å². The van der Waals surface area contributed by atoms with Crippen molar-refractivity contribution in [3.8, 4) is 0 Å². The van der Waals surface area contributed by atoms with E-state index in [1.165, 1.54) is 0 Å². The van der Waals surface area contributed by atoms with Gasteiger partial charge in [0.2, 0.25) is 11.8 Å². The number of nitrogens with one attached hydrogen (secondary N) is 2. The summed E-state index contributed by atoms with van der Waals surface area (Å²) >= 11 is 0. The van der Waals surface area contributed by atoms with Gasteiger partial charge in [-0.3, -0.25) is 9.59 Å². The number of hydrogen-bond acceptors (Lipinski definition) is 3. The van der Waals surface area contributed by atoms with Gasteiger partial charge in [0.05, 0.1) is 6.04 Å². The molecule has 0 saturated heterocycles. The summed E-state index contributed by atoms with van der Waals surface area (Å²) in [4.78, 5) is 22.7. The van der Waals surface area contributed by atoms with E-state index in [2.05, 4.69) is 10.6 Å². The van der Waals surface area contributed by atoms with Gasteiger partial charge in [-0.05, 0) is 25.8 Å². The normalized spacial score (nSPS) is 13.1. The summed E-state index contributed by atoms with van der Waals surface area (Å²) < 4.78 is 0. The fraction of sp³-hybridized carbons (Fsp3) is 0.846. The maximum absolute atomic E-state index is 11.6. The van der Waals surface area contributed by atoms with E-state index in [-0.39, 0.29) is 23.3 Å². The van der Waals surface area contributed by atoms with E-state index in [0.717, 1.165) is 19.4 Å². The third-order valence-corrected chi connectivity index (χ3v) is 2.68. The molecule has 4 N–H and O–H groups in total. The number of unbranched alkanes of at least 4 members (excludes halogenated alkanes) is 1. The Kier molecular flexibility index (Phi) is 7.59. The number of amides is 2. The third-order valence-electron chi connectivity index (χ3n) is 2.68. The van der Waals surface area contributed by atoms with Gasteiger partial charge in [-0.2, -0.15) is 0 Å². The first-order chi connectivity index (χ1) is 8.29. The van der Waals surface area contributed by atoms with Gasteiger partial charge in [0.25, 0.3) is 0 Å². The van der Waals surface area contributed by atoms with Crippen molar-refractivity contribution in [3.05, 3.63) is 0 Å². The summed E-state index contributed by atoms with van der Waals surface area (Å²) in [5.41, 5.74) is 4.92. The molecule has 0 aromatic carbocycles. The van der Waals surface area contributed by atoms with E-state index in [4.69, 9.17) is 5.73 Å². The third kappa shape index (κ3) is 7.27. The molecule has 0 bridgehead atoms. The molecule has 0 saturated carbocycles. The highest BCUT2D eigenvalue weighted by atomic mass is 16.2. The second-order valence-corrected chi connectivity index (χ2v) is 5.51. The van der Waals surface area contributed by atoms with Gasteiger partial charge in [-0.15, -0.1) is 0 Å². The van der Waals surface area contributed by atoms with Crippen molar-refractivity contribution in [2.24, 2.45) is 11.1 Å². The lowest BCUT2D eigenvalue weighted by atomic mass is 9.95. The number of primary amides is 1. The summed E-state index contributed by atoms with van der Waals surface area (Å²) in [6, 6.07) is -0.256. The molecule has 106 valence electrons. The molecular weight excluding hydrogens is 230 g/mol. The van der Waals surface area contributed by atoms with Gasteiger partial charge < -0.3 is 16.4 Å². The molecule has 0 spiro atoms. The van der Waals surface area contributed by atoms with E-state index in [1.54, 1.807) is 0 Å². The molecule has 0 heterocycles. The fourth-order valence-corrected chi connectivity index (χ4v) is 1.53. The lowest BCUT2D eigenvalue weighted by molar-refractivity contribution is -0.128. The Bertz CT molecular complexity index is 272. The van der Waals surface area contributed by atoms with Crippen LogP contribution in [0.5, 0.6) is 0 Å². The molecule has 2 amide bonds. The summed E-state index contributed by atoms with van der Waals surface area (Å²) in [7, 11) is 0. The Morgan fingerprint density at radius 3 is 2.28 bits per heavy atom. The summed E-state index contributed by atoms with van der Waals surface area (Å²) in [6.45, 7) is 8.98. The molecule has 1 atom stereocenters. The quantitative estimate of drug-likeness (QED) is 0.562. The van der Waals surface area contributed by atoms with Crippen LogP contribution in [0.2, 0.25) is 0 Å². The number of carbonyl (C=O) groups excluding carboxylic acids is 2. The highest BCUT2D eigenvalue weighted by Gasteiger charge is 2.20. The second kappa shape index (κ2) is 8.08. The van der Waals surface area contributed by atoms with E-state index in [0.29, 0.717) is 13.0 Å². The first-order valence-corrected chi connectivity index (χ1v) is 6.60. The molecule has 0 rings (SSSR count). The Hall–Kier alpha value is -1.10. The Morgan fingerprint density at radius 2 is 1.83 bits per heavy atom. The number of nitrogens with two attached hydrogens (primary N) is 1. The first-order valence-electron chi connectivity index (χ1n) is 6.60. The molecule has 0 radical (unpaired) electrons. The molecule has 0 aromatic rings. The van der Waals surface area contributed by atoms with Crippen LogP contribution in [0.1, 0.15) is 47.0 Å². The van der Waals surface area contributed by atoms with E-state index in [1.807, 2.05) is 27.7 Å². The molecular formula is C13H27N3O2. The minimum Gasteiger partial charge on any atom is -0.368 e. The Morgan fingerprint density at radius 1 is 1.22 bits per heavy atom. The lowest BCUT2D eigenvalue weighted by Crippen LogP contribution is -2.41. The van der Waals surface area contributed by atoms with Crippen LogP contribution in [0.4, 0.5) is 0 Å². The van der Waals surface area contributed by atoms with Crippen LogP contribution in [-0.2, 0) is 9.59 Å². The highest BCUT2D eigenvalue weighted by molar-refractivity contribution is 5.81. The van der Waals surface area contributed by atoms with Crippen molar-refractivity contribution in [1.29, 1.82) is 0 Å². The van der Waals surface area contributed by atoms with E-state index < -0.39 is 0 Å². The Labute approximate surface area is 110 Å². The largest absolute Gasteiger partial charge is 0.368 e. The van der Waals surface area contributed by atoms with Gasteiger partial charge in [-0.25, -0.2) is 0 Å². The maximum atomic E-state index is 11.6. The zero-order valence-corrected chi connectivity index (χ0v) is 12.0. The predicted octanol–water partition coefficient (Wildman–Crippen LogP) is 0.782. The average molecular weight is 257 g/mol. The number of rotatable bonds is 8. The highest BCUT2D eigenvalue weighted by Crippen LogP contribution is 2.12. The molecule has 5 heteroatoms. The zero-order chi connectivity index (χ0) is 14.2. The van der Waals surface area contributed by atoms with Crippen LogP contribution in [0.15, 0.2) is 0 Å². The predicted molar refractivity (Wildman–Crippen MR) is 73.0 cm³/mol. The fourth-order valence-electron chi connectivity index (χ4n) is 1.53. The molecule has 0 aromatic heterocycles. The number of carbonyl (C=O) groups is 2. The molecule has 0 fully saturated rings. The van der Waals surface area contributed by atoms with Crippen LogP contribution in [0.3, 0.4) is 0 Å². The average Bonchev–Trinajstić information content (AvgIpc) is 2.25. The van der Waals surface area contributed by atoms with Crippen LogP contribution in [0.25, 0.3) is 0 Å². The smallest absolute Gasteiger partial charge is 0.234 e. The number of hydrogen-bond donors (Lipinski definition) is 3. The minimum atomic E-state index is -0.348. The van der Waals surface area contributed by atoms with Crippen LogP contribution in [-0.4, -0.2) is 30.9 Å². The van der Waals surface area contributed by atoms with Crippen molar-refractivity contribution in [2.45, 2.75) is 53.0 Å². The van der Waals surface area contributed by atoms with Gasteiger partial charge in [0.15, 0.2) is 0 Å². The van der Waals surface area contributed by atoms with Crippen LogP contribution < -0.4 is 16.4 Å². The molecule has 0 aliphatic carbocycles. The Balaban J connectivity index is 3.73. The molecule has 0 aliphatic heterocycles. The number of likely N-dealkylation sites (N-methyl/N-ethyl adjacent to an activating group) is 1. The second-order valence-electron chi connectivity index (χ2n) is 5.51. The maximum Gasteiger partial charge on any atom is 0.234 e. The zero-order valence-electron chi connectivity index (χ0n) is 12.0. The summed E-state index contributed by atoms with van der Waals surface area (Å²) in [5, 5.41) is 5.93. The van der Waals surface area contributed by atoms with Crippen molar-refractivity contribution in [1.82, 2.24) is 10.6 Å². The van der Waals surface area contributed by atoms with Gasteiger partial charge in [0, 0.05) is 12.0 Å². The standard InChI is InChI=1S/C13H27N3O2/c1-5-15-10(11(14)17)8-6-7-9-16-12(18)13(2,3)4/h10,15H,5-9H2,1-4H3,(H2,14,17)(H,16,18). The van der Waals surface area contributed by atoms with Crippen molar-refractivity contribution >= 4 is 11.8 Å². The van der Waals surface area contributed by atoms with Crippen LogP contribution >= 0.6 is 0 Å². The lowest BCUT2D eigenvalue weighted by Gasteiger charge is -2.18. The van der Waals surface area contributed by atoms with Crippen molar-refractivity contribution in [2.75, 3.05) is 13.1 Å². The van der Waals surface area contributed by atoms with E-state index in [9.17, 15) is 9.59 Å². The van der Waals surface area contributed by atoms with Gasteiger partial charge in [0.1, 0.15) is 0 Å².